The van der Waals surface area contributed by atoms with Gasteiger partial charge in [0.05, 0.1) is 6.04 Å². The second kappa shape index (κ2) is 4.13. The molecule has 1 nitrogen and oxygen atoms in total. The Kier molecular flexibility index (Phi) is 2.31. The Labute approximate surface area is 113 Å². The largest absolute Gasteiger partial charge is 0.360 e. The number of hydrogen-bond acceptors (Lipinski definition) is 1. The fraction of sp³-hybridized carbons (Fsp3) is 0.111. The van der Waals surface area contributed by atoms with E-state index < -0.39 is 0 Å². The van der Waals surface area contributed by atoms with Gasteiger partial charge in [-0.25, -0.2) is 0 Å². The van der Waals surface area contributed by atoms with E-state index >= 15 is 0 Å². The van der Waals surface area contributed by atoms with Crippen molar-refractivity contribution in [1.82, 2.24) is 0 Å². The van der Waals surface area contributed by atoms with E-state index in [-0.39, 0.29) is 0 Å². The smallest absolute Gasteiger partial charge is 0.0718 e. The molecule has 0 spiro atoms. The summed E-state index contributed by atoms with van der Waals surface area (Å²) in [7, 11) is 0. The molecule has 19 heavy (non-hydrogen) atoms. The Morgan fingerprint density at radius 2 is 1.47 bits per heavy atom. The summed E-state index contributed by atoms with van der Waals surface area (Å²) >= 11 is 0. The number of nitrogens with zero attached hydrogens (tertiary/aromatic N) is 1. The lowest BCUT2D eigenvalue weighted by atomic mass is 10.1. The Morgan fingerprint density at radius 3 is 2.32 bits per heavy atom. The Bertz CT molecular complexity index is 718. The second-order valence-corrected chi connectivity index (χ2v) is 5.11. The van der Waals surface area contributed by atoms with E-state index in [1.54, 1.807) is 0 Å². The van der Waals surface area contributed by atoms with Gasteiger partial charge in [-0.2, -0.15) is 0 Å². The molecule has 0 amide bonds. The van der Waals surface area contributed by atoms with Crippen molar-refractivity contribution >= 4 is 16.5 Å². The van der Waals surface area contributed by atoms with Gasteiger partial charge in [0.1, 0.15) is 0 Å². The van der Waals surface area contributed by atoms with Crippen LogP contribution in [0.5, 0.6) is 0 Å². The van der Waals surface area contributed by atoms with Crippen LogP contribution >= 0.6 is 0 Å². The molecule has 1 aliphatic heterocycles. The Balaban J connectivity index is 1.66. The minimum Gasteiger partial charge on any atom is -0.360 e. The van der Waals surface area contributed by atoms with E-state index in [1.807, 2.05) is 0 Å². The molecule has 0 saturated carbocycles. The lowest BCUT2D eigenvalue weighted by Gasteiger charge is -2.07. The first-order valence-electron chi connectivity index (χ1n) is 6.72. The van der Waals surface area contributed by atoms with Gasteiger partial charge < -0.3 is 4.90 Å². The van der Waals surface area contributed by atoms with Crippen LogP contribution in [0.25, 0.3) is 10.8 Å². The highest BCUT2D eigenvalue weighted by atomic mass is 15.3. The van der Waals surface area contributed by atoms with E-state index in [0.717, 1.165) is 6.54 Å². The number of benzene rings is 3. The van der Waals surface area contributed by atoms with Crippen molar-refractivity contribution in [2.45, 2.75) is 6.04 Å². The van der Waals surface area contributed by atoms with E-state index in [2.05, 4.69) is 77.7 Å². The molecule has 0 radical (unpaired) electrons. The van der Waals surface area contributed by atoms with Crippen LogP contribution in [0, 0.1) is 0 Å². The SMILES string of the molecule is c1ccc(C2CN2c2ccc3ccccc3c2)cc1. The van der Waals surface area contributed by atoms with Gasteiger partial charge in [0.15, 0.2) is 0 Å². The monoisotopic (exact) mass is 245 g/mol. The van der Waals surface area contributed by atoms with Crippen molar-refractivity contribution in [2.24, 2.45) is 0 Å². The lowest BCUT2D eigenvalue weighted by Crippen LogP contribution is -1.94. The predicted octanol–water partition coefficient (Wildman–Crippen LogP) is 4.40. The summed E-state index contributed by atoms with van der Waals surface area (Å²) in [5, 5.41) is 2.63. The van der Waals surface area contributed by atoms with Crippen LogP contribution in [0.15, 0.2) is 72.8 Å². The minimum absolute atomic E-state index is 0.558. The summed E-state index contributed by atoms with van der Waals surface area (Å²) in [5.41, 5.74) is 2.74. The molecule has 1 heterocycles. The van der Waals surface area contributed by atoms with Crippen LogP contribution < -0.4 is 4.90 Å². The van der Waals surface area contributed by atoms with Crippen LogP contribution in [-0.2, 0) is 0 Å². The lowest BCUT2D eigenvalue weighted by molar-refractivity contribution is 1.13. The third-order valence-corrected chi connectivity index (χ3v) is 3.86. The van der Waals surface area contributed by atoms with Crippen LogP contribution in [0.2, 0.25) is 0 Å². The average Bonchev–Trinajstić information content (AvgIpc) is 3.28. The van der Waals surface area contributed by atoms with Gasteiger partial charge in [-0.15, -0.1) is 0 Å². The van der Waals surface area contributed by atoms with Gasteiger partial charge in [-0.1, -0.05) is 60.7 Å². The van der Waals surface area contributed by atoms with Crippen molar-refractivity contribution < 1.29 is 0 Å². The molecule has 0 N–H and O–H groups in total. The summed E-state index contributed by atoms with van der Waals surface area (Å²) < 4.78 is 0. The third kappa shape index (κ3) is 1.88. The molecular formula is C18H15N. The maximum Gasteiger partial charge on any atom is 0.0718 e. The summed E-state index contributed by atoms with van der Waals surface area (Å²) in [6.07, 6.45) is 0. The molecule has 1 fully saturated rings. The van der Waals surface area contributed by atoms with Gasteiger partial charge in [-0.05, 0) is 28.5 Å². The molecule has 1 saturated heterocycles. The standard InChI is InChI=1S/C18H15N/c1-2-7-15(8-3-1)18-13-19(18)17-11-10-14-6-4-5-9-16(14)12-17/h1-12,18H,13H2. The molecule has 1 heteroatoms. The molecular weight excluding hydrogens is 230 g/mol. The normalized spacial score (nSPS) is 17.7. The first-order chi connectivity index (χ1) is 9.42. The molecule has 0 aromatic heterocycles. The second-order valence-electron chi connectivity index (χ2n) is 5.11. The topological polar surface area (TPSA) is 3.01 Å². The number of anilines is 1. The zero-order chi connectivity index (χ0) is 12.7. The maximum absolute atomic E-state index is 2.45. The number of hydrogen-bond donors (Lipinski definition) is 0. The van der Waals surface area contributed by atoms with Crippen molar-refractivity contribution in [3.8, 4) is 0 Å². The van der Waals surface area contributed by atoms with Gasteiger partial charge in [-0.3, -0.25) is 0 Å². The van der Waals surface area contributed by atoms with Crippen LogP contribution in [0.3, 0.4) is 0 Å². The van der Waals surface area contributed by atoms with Crippen molar-refractivity contribution in [3.05, 3.63) is 78.4 Å². The van der Waals surface area contributed by atoms with Gasteiger partial charge in [0.2, 0.25) is 0 Å². The molecule has 0 aliphatic carbocycles. The molecule has 4 rings (SSSR count). The van der Waals surface area contributed by atoms with Crippen LogP contribution in [-0.4, -0.2) is 6.54 Å². The quantitative estimate of drug-likeness (QED) is 0.605. The number of fused-ring (bicyclic) bond motifs is 1. The van der Waals surface area contributed by atoms with E-state index in [1.165, 1.54) is 22.0 Å². The Hall–Kier alpha value is -2.28. The van der Waals surface area contributed by atoms with Gasteiger partial charge >= 0.3 is 0 Å². The summed E-state index contributed by atoms with van der Waals surface area (Å²) in [6, 6.07) is 26.6. The zero-order valence-electron chi connectivity index (χ0n) is 10.7. The molecule has 3 aromatic carbocycles. The fourth-order valence-corrected chi connectivity index (χ4v) is 2.74. The van der Waals surface area contributed by atoms with E-state index in [9.17, 15) is 0 Å². The van der Waals surface area contributed by atoms with Crippen LogP contribution in [0.1, 0.15) is 11.6 Å². The fourth-order valence-electron chi connectivity index (χ4n) is 2.74. The van der Waals surface area contributed by atoms with E-state index in [0.29, 0.717) is 6.04 Å². The third-order valence-electron chi connectivity index (χ3n) is 3.86. The zero-order valence-corrected chi connectivity index (χ0v) is 10.7. The van der Waals surface area contributed by atoms with Crippen molar-refractivity contribution in [1.29, 1.82) is 0 Å². The predicted molar refractivity (Wildman–Crippen MR) is 80.5 cm³/mol. The van der Waals surface area contributed by atoms with Crippen molar-refractivity contribution in [2.75, 3.05) is 11.4 Å². The molecule has 1 aliphatic rings. The van der Waals surface area contributed by atoms with Crippen molar-refractivity contribution in [3.63, 3.8) is 0 Å². The molecule has 1 unspecified atom stereocenters. The summed E-state index contributed by atoms with van der Waals surface area (Å²) in [4.78, 5) is 2.45. The average molecular weight is 245 g/mol. The van der Waals surface area contributed by atoms with E-state index in [4.69, 9.17) is 0 Å². The molecule has 1 atom stereocenters. The van der Waals surface area contributed by atoms with Gasteiger partial charge in [0.25, 0.3) is 0 Å². The number of rotatable bonds is 2. The molecule has 92 valence electrons. The highest BCUT2D eigenvalue weighted by molar-refractivity contribution is 5.86. The highest BCUT2D eigenvalue weighted by Gasteiger charge is 2.35. The maximum atomic E-state index is 2.45. The summed E-state index contributed by atoms with van der Waals surface area (Å²) in [6.45, 7) is 1.13. The first kappa shape index (κ1) is 10.6. The molecule has 0 bridgehead atoms. The van der Waals surface area contributed by atoms with Gasteiger partial charge in [0, 0.05) is 12.2 Å². The first-order valence-corrected chi connectivity index (χ1v) is 6.72. The highest BCUT2D eigenvalue weighted by Crippen LogP contribution is 2.40. The summed E-state index contributed by atoms with van der Waals surface area (Å²) in [5.74, 6) is 0. The minimum atomic E-state index is 0.558. The Morgan fingerprint density at radius 1 is 0.737 bits per heavy atom. The van der Waals surface area contributed by atoms with Crippen LogP contribution in [0.4, 0.5) is 5.69 Å². The molecule has 3 aromatic rings.